The van der Waals surface area contributed by atoms with Gasteiger partial charge >= 0.3 is 6.09 Å². The highest BCUT2D eigenvalue weighted by Crippen LogP contribution is 2.24. The number of nitrogens with zero attached hydrogens (tertiary/aromatic N) is 3. The van der Waals surface area contributed by atoms with Crippen LogP contribution in [0.3, 0.4) is 0 Å². The minimum Gasteiger partial charge on any atom is -0.410 e. The standard InChI is InChI=1S/C16H17NO3.C9H11NO.C7H7NO/c1-3-13-9-10-17(11-15(13)12(2)18)16(19)20-14-7-5-4-6-8-14;1-3-8-4-5-10-6-9(8)7(2)11;1-6(9)7-3-2-4-8-5-7/h4-11,13H,3H2,1-2H3;4-6H,3H2,1-2H3;2-5H,1H3. The molecule has 0 aliphatic carbocycles. The molecule has 3 aromatic rings. The molecule has 0 radical (unpaired) electrons. The maximum Gasteiger partial charge on any atom is 0.423 e. The number of amides is 1. The van der Waals surface area contributed by atoms with Gasteiger partial charge < -0.3 is 4.74 Å². The molecule has 40 heavy (non-hydrogen) atoms. The number of benzene rings is 1. The average molecular weight is 542 g/mol. The van der Waals surface area contributed by atoms with E-state index in [0.717, 1.165) is 24.0 Å². The van der Waals surface area contributed by atoms with E-state index in [1.165, 1.54) is 18.7 Å². The number of rotatable bonds is 6. The number of aryl methyl sites for hydroxylation is 1. The fourth-order valence-corrected chi connectivity index (χ4v) is 3.67. The number of Topliss-reactive ketones (excluding diaryl/α,β-unsaturated/α-hetero) is 3. The van der Waals surface area contributed by atoms with Crippen LogP contribution in [0.4, 0.5) is 4.79 Å². The number of para-hydroxylation sites is 1. The molecule has 1 aliphatic rings. The second-order valence-electron chi connectivity index (χ2n) is 8.83. The van der Waals surface area contributed by atoms with E-state index in [4.69, 9.17) is 4.74 Å². The molecule has 1 unspecified atom stereocenters. The van der Waals surface area contributed by atoms with Crippen LogP contribution in [0.1, 0.15) is 67.3 Å². The zero-order chi connectivity index (χ0) is 29.5. The molecular formula is C32H35N3O5. The van der Waals surface area contributed by atoms with E-state index in [-0.39, 0.29) is 23.3 Å². The van der Waals surface area contributed by atoms with E-state index in [1.54, 1.807) is 80.5 Å². The number of carbonyl (C=O) groups excluding carboxylic acids is 4. The summed E-state index contributed by atoms with van der Waals surface area (Å²) < 4.78 is 5.23. The monoisotopic (exact) mass is 541 g/mol. The maximum absolute atomic E-state index is 12.0. The van der Waals surface area contributed by atoms with Gasteiger partial charge in [0.1, 0.15) is 5.75 Å². The quantitative estimate of drug-likeness (QED) is 0.322. The number of hydrogen-bond acceptors (Lipinski definition) is 7. The lowest BCUT2D eigenvalue weighted by Gasteiger charge is -2.23. The molecule has 1 atom stereocenters. The summed E-state index contributed by atoms with van der Waals surface area (Å²) in [6.07, 6.45) is 12.8. The van der Waals surface area contributed by atoms with E-state index in [9.17, 15) is 19.2 Å². The molecule has 0 saturated heterocycles. The van der Waals surface area contributed by atoms with Crippen LogP contribution in [0.2, 0.25) is 0 Å². The molecule has 8 nitrogen and oxygen atoms in total. The zero-order valence-corrected chi connectivity index (χ0v) is 23.5. The molecule has 0 fully saturated rings. The molecular weight excluding hydrogens is 506 g/mol. The number of aromatic nitrogens is 2. The van der Waals surface area contributed by atoms with Gasteiger partial charge in [-0.3, -0.25) is 29.3 Å². The first kappa shape index (κ1) is 31.5. The summed E-state index contributed by atoms with van der Waals surface area (Å²) in [5.41, 5.74) is 3.11. The molecule has 1 aliphatic heterocycles. The van der Waals surface area contributed by atoms with E-state index in [1.807, 2.05) is 32.1 Å². The van der Waals surface area contributed by atoms with Gasteiger partial charge in [-0.25, -0.2) is 4.79 Å². The van der Waals surface area contributed by atoms with Crippen molar-refractivity contribution in [1.29, 1.82) is 0 Å². The molecule has 0 bridgehead atoms. The Kier molecular flexibility index (Phi) is 12.8. The molecule has 0 spiro atoms. The normalized spacial score (nSPS) is 13.5. The Bertz CT molecular complexity index is 1350. The Balaban J connectivity index is 0.000000235. The van der Waals surface area contributed by atoms with Crippen LogP contribution in [-0.2, 0) is 11.2 Å². The van der Waals surface area contributed by atoms with E-state index < -0.39 is 6.09 Å². The van der Waals surface area contributed by atoms with Crippen LogP contribution < -0.4 is 4.74 Å². The summed E-state index contributed by atoms with van der Waals surface area (Å²) in [7, 11) is 0. The fraction of sp³-hybridized carbons (Fsp3) is 0.250. The van der Waals surface area contributed by atoms with E-state index in [2.05, 4.69) is 9.97 Å². The highest BCUT2D eigenvalue weighted by Gasteiger charge is 2.22. The molecule has 2 aromatic heterocycles. The van der Waals surface area contributed by atoms with Gasteiger partial charge in [-0.1, -0.05) is 38.1 Å². The Morgan fingerprint density at radius 3 is 2.02 bits per heavy atom. The van der Waals surface area contributed by atoms with Crippen molar-refractivity contribution >= 4 is 23.4 Å². The van der Waals surface area contributed by atoms with Crippen LogP contribution in [-0.4, -0.2) is 38.3 Å². The summed E-state index contributed by atoms with van der Waals surface area (Å²) >= 11 is 0. The average Bonchev–Trinajstić information content (AvgIpc) is 2.98. The van der Waals surface area contributed by atoms with Crippen molar-refractivity contribution in [1.82, 2.24) is 14.9 Å². The second kappa shape index (κ2) is 16.3. The van der Waals surface area contributed by atoms with Crippen LogP contribution in [0.25, 0.3) is 0 Å². The third-order valence-electron chi connectivity index (χ3n) is 5.90. The molecule has 0 saturated carbocycles. The Morgan fingerprint density at radius 2 is 1.52 bits per heavy atom. The van der Waals surface area contributed by atoms with Crippen LogP contribution in [0, 0.1) is 5.92 Å². The minimum absolute atomic E-state index is 0.0290. The minimum atomic E-state index is -0.527. The third kappa shape index (κ3) is 9.87. The number of hydrogen-bond donors (Lipinski definition) is 0. The Morgan fingerprint density at radius 1 is 0.825 bits per heavy atom. The van der Waals surface area contributed by atoms with Gasteiger partial charge in [0.05, 0.1) is 0 Å². The first-order valence-electron chi connectivity index (χ1n) is 13.0. The Hall–Kier alpha value is -4.72. The molecule has 1 amide bonds. The number of pyridine rings is 2. The van der Waals surface area contributed by atoms with Crippen molar-refractivity contribution in [3.05, 3.63) is 114 Å². The smallest absolute Gasteiger partial charge is 0.410 e. The molecule has 3 heterocycles. The molecule has 4 rings (SSSR count). The van der Waals surface area contributed by atoms with Gasteiger partial charge in [-0.05, 0) is 69.5 Å². The lowest BCUT2D eigenvalue weighted by molar-refractivity contribution is -0.114. The Labute approximate surface area is 235 Å². The predicted octanol–water partition coefficient (Wildman–Crippen LogP) is 6.64. The van der Waals surface area contributed by atoms with Crippen molar-refractivity contribution < 1.29 is 23.9 Å². The number of allylic oxidation sites excluding steroid dienone is 2. The second-order valence-corrected chi connectivity index (χ2v) is 8.83. The molecule has 1 aromatic carbocycles. The topological polar surface area (TPSA) is 107 Å². The van der Waals surface area contributed by atoms with Crippen molar-refractivity contribution in [2.45, 2.75) is 47.5 Å². The first-order chi connectivity index (χ1) is 19.2. The molecule has 8 heteroatoms. The van der Waals surface area contributed by atoms with Crippen molar-refractivity contribution in [2.24, 2.45) is 5.92 Å². The summed E-state index contributed by atoms with van der Waals surface area (Å²) in [6.45, 7) is 8.63. The van der Waals surface area contributed by atoms with Crippen LogP contribution >= 0.6 is 0 Å². The molecule has 208 valence electrons. The zero-order valence-electron chi connectivity index (χ0n) is 23.5. The highest BCUT2D eigenvalue weighted by atomic mass is 16.6. The van der Waals surface area contributed by atoms with E-state index >= 15 is 0 Å². The van der Waals surface area contributed by atoms with Crippen molar-refractivity contribution in [3.8, 4) is 5.75 Å². The maximum atomic E-state index is 12.0. The highest BCUT2D eigenvalue weighted by molar-refractivity contribution is 5.95. The fourth-order valence-electron chi connectivity index (χ4n) is 3.67. The van der Waals surface area contributed by atoms with Crippen LogP contribution in [0.5, 0.6) is 5.75 Å². The SMILES string of the molecule is CC(=O)c1cccnc1.CCC1C=CN(C(=O)Oc2ccccc2)C=C1C(C)=O.CCc1ccncc1C(C)=O. The van der Waals surface area contributed by atoms with Gasteiger partial charge in [0.25, 0.3) is 0 Å². The lowest BCUT2D eigenvalue weighted by Crippen LogP contribution is -2.28. The van der Waals surface area contributed by atoms with Gasteiger partial charge in [0, 0.05) is 59.8 Å². The summed E-state index contributed by atoms with van der Waals surface area (Å²) in [4.78, 5) is 54.2. The van der Waals surface area contributed by atoms with Gasteiger partial charge in [0.2, 0.25) is 0 Å². The van der Waals surface area contributed by atoms with Crippen molar-refractivity contribution in [2.75, 3.05) is 0 Å². The van der Waals surface area contributed by atoms with Gasteiger partial charge in [-0.2, -0.15) is 0 Å². The number of ether oxygens (including phenoxy) is 1. The predicted molar refractivity (Wildman–Crippen MR) is 154 cm³/mol. The summed E-state index contributed by atoms with van der Waals surface area (Å²) in [5, 5.41) is 0. The first-order valence-corrected chi connectivity index (χ1v) is 13.0. The van der Waals surface area contributed by atoms with Gasteiger partial charge in [-0.15, -0.1) is 0 Å². The molecule has 0 N–H and O–H groups in total. The number of carbonyl (C=O) groups is 4. The van der Waals surface area contributed by atoms with E-state index in [0.29, 0.717) is 16.9 Å². The largest absolute Gasteiger partial charge is 0.423 e. The van der Waals surface area contributed by atoms with Crippen molar-refractivity contribution in [3.63, 3.8) is 0 Å². The third-order valence-corrected chi connectivity index (χ3v) is 5.90. The number of ketones is 3. The lowest BCUT2D eigenvalue weighted by atomic mass is 9.92. The van der Waals surface area contributed by atoms with Crippen LogP contribution in [0.15, 0.2) is 97.4 Å². The summed E-state index contributed by atoms with van der Waals surface area (Å²) in [6, 6.07) is 14.2. The van der Waals surface area contributed by atoms with Gasteiger partial charge in [0.15, 0.2) is 17.3 Å². The summed E-state index contributed by atoms with van der Waals surface area (Å²) in [5.74, 6) is 0.659.